The summed E-state index contributed by atoms with van der Waals surface area (Å²) < 4.78 is 13.2. The first-order valence-electron chi connectivity index (χ1n) is 9.81. The lowest BCUT2D eigenvalue weighted by molar-refractivity contribution is -0.140. The number of ether oxygens (including phenoxy) is 1. The Hall–Kier alpha value is -3.59. The lowest BCUT2D eigenvalue weighted by atomic mass is 10.2. The standard InChI is InChI=1S/C21H20N6O3/c28-19(7-10-27-14-23-16-3-1-2-4-17(16)27)26-11-12-29-18(13-26)21-24-20(25-30-21)15-5-8-22-9-6-15/h1-6,8-9,14,18H,7,10-13H2. The van der Waals surface area contributed by atoms with Crippen LogP contribution < -0.4 is 0 Å². The van der Waals surface area contributed by atoms with Gasteiger partial charge >= 0.3 is 0 Å². The summed E-state index contributed by atoms with van der Waals surface area (Å²) in [6, 6.07) is 11.5. The van der Waals surface area contributed by atoms with E-state index in [1.807, 2.05) is 41.0 Å². The number of fused-ring (bicyclic) bond motifs is 1. The van der Waals surface area contributed by atoms with Crippen LogP contribution in [0.25, 0.3) is 22.4 Å². The van der Waals surface area contributed by atoms with Crippen molar-refractivity contribution < 1.29 is 14.1 Å². The van der Waals surface area contributed by atoms with Gasteiger partial charge in [0.05, 0.1) is 30.5 Å². The van der Waals surface area contributed by atoms with Gasteiger partial charge in [-0.25, -0.2) is 4.98 Å². The van der Waals surface area contributed by atoms with E-state index in [1.165, 1.54) is 0 Å². The Morgan fingerprint density at radius 2 is 2.03 bits per heavy atom. The molecule has 0 radical (unpaired) electrons. The maximum Gasteiger partial charge on any atom is 0.257 e. The molecule has 0 spiro atoms. The number of rotatable bonds is 5. The monoisotopic (exact) mass is 404 g/mol. The van der Waals surface area contributed by atoms with Crippen molar-refractivity contribution in [2.24, 2.45) is 0 Å². The van der Waals surface area contributed by atoms with Crippen molar-refractivity contribution in [1.29, 1.82) is 0 Å². The second-order valence-electron chi connectivity index (χ2n) is 7.07. The van der Waals surface area contributed by atoms with Crippen LogP contribution in [0.1, 0.15) is 18.4 Å². The van der Waals surface area contributed by atoms with Crippen LogP contribution in [0.15, 0.2) is 59.6 Å². The number of morpholine rings is 1. The highest BCUT2D eigenvalue weighted by atomic mass is 16.5. The molecule has 1 unspecified atom stereocenters. The van der Waals surface area contributed by atoms with Gasteiger partial charge in [-0.1, -0.05) is 17.3 Å². The molecule has 3 aromatic heterocycles. The van der Waals surface area contributed by atoms with Gasteiger partial charge in [0.25, 0.3) is 5.89 Å². The Morgan fingerprint density at radius 1 is 1.17 bits per heavy atom. The van der Waals surface area contributed by atoms with Crippen molar-refractivity contribution in [1.82, 2.24) is 29.6 Å². The summed E-state index contributed by atoms with van der Waals surface area (Å²) in [5.74, 6) is 0.918. The number of para-hydroxylation sites is 2. The van der Waals surface area contributed by atoms with Crippen molar-refractivity contribution in [3.05, 3.63) is 61.0 Å². The van der Waals surface area contributed by atoms with E-state index in [9.17, 15) is 4.79 Å². The molecule has 1 aliphatic rings. The molecular weight excluding hydrogens is 384 g/mol. The van der Waals surface area contributed by atoms with E-state index in [0.717, 1.165) is 16.6 Å². The zero-order chi connectivity index (χ0) is 20.3. The van der Waals surface area contributed by atoms with Gasteiger partial charge < -0.3 is 18.7 Å². The van der Waals surface area contributed by atoms with E-state index in [-0.39, 0.29) is 5.91 Å². The summed E-state index contributed by atoms with van der Waals surface area (Å²) in [6.07, 6.45) is 5.08. The Morgan fingerprint density at radius 3 is 2.93 bits per heavy atom. The third-order valence-corrected chi connectivity index (χ3v) is 5.17. The molecule has 4 heterocycles. The van der Waals surface area contributed by atoms with Crippen LogP contribution in [0.3, 0.4) is 0 Å². The number of carbonyl (C=O) groups excluding carboxylic acids is 1. The molecule has 1 fully saturated rings. The van der Waals surface area contributed by atoms with Gasteiger partial charge in [0, 0.05) is 37.5 Å². The van der Waals surface area contributed by atoms with Crippen LogP contribution in [0.4, 0.5) is 0 Å². The number of hydrogen-bond donors (Lipinski definition) is 0. The predicted molar refractivity (Wildman–Crippen MR) is 107 cm³/mol. The third-order valence-electron chi connectivity index (χ3n) is 5.17. The first-order chi connectivity index (χ1) is 14.8. The number of hydrogen-bond acceptors (Lipinski definition) is 7. The van der Waals surface area contributed by atoms with Gasteiger partial charge in [-0.3, -0.25) is 9.78 Å². The van der Waals surface area contributed by atoms with Gasteiger partial charge in [-0.2, -0.15) is 4.98 Å². The van der Waals surface area contributed by atoms with E-state index in [2.05, 4.69) is 20.1 Å². The lowest BCUT2D eigenvalue weighted by Gasteiger charge is -2.31. The van der Waals surface area contributed by atoms with E-state index in [1.54, 1.807) is 23.6 Å². The smallest absolute Gasteiger partial charge is 0.257 e. The van der Waals surface area contributed by atoms with Crippen molar-refractivity contribution in [2.75, 3.05) is 19.7 Å². The number of nitrogens with zero attached hydrogens (tertiary/aromatic N) is 6. The van der Waals surface area contributed by atoms with Crippen molar-refractivity contribution in [3.63, 3.8) is 0 Å². The normalized spacial score (nSPS) is 16.8. The first-order valence-corrected chi connectivity index (χ1v) is 9.81. The fourth-order valence-corrected chi connectivity index (χ4v) is 3.57. The minimum Gasteiger partial charge on any atom is -0.365 e. The Bertz CT molecular complexity index is 1160. The van der Waals surface area contributed by atoms with Crippen molar-refractivity contribution in [3.8, 4) is 11.4 Å². The summed E-state index contributed by atoms with van der Waals surface area (Å²) >= 11 is 0. The molecule has 9 heteroatoms. The summed E-state index contributed by atoms with van der Waals surface area (Å²) in [7, 11) is 0. The van der Waals surface area contributed by atoms with Crippen LogP contribution >= 0.6 is 0 Å². The molecule has 9 nitrogen and oxygen atoms in total. The molecule has 1 aliphatic heterocycles. The maximum atomic E-state index is 12.8. The Balaban J connectivity index is 1.23. The zero-order valence-corrected chi connectivity index (χ0v) is 16.2. The molecule has 4 aromatic rings. The van der Waals surface area contributed by atoms with E-state index < -0.39 is 6.10 Å². The molecule has 1 amide bonds. The van der Waals surface area contributed by atoms with Gasteiger partial charge in [0.2, 0.25) is 11.7 Å². The molecular formula is C21H20N6O3. The van der Waals surface area contributed by atoms with Gasteiger partial charge in [-0.15, -0.1) is 0 Å². The Labute approximate surface area is 172 Å². The fraction of sp³-hybridized carbons (Fsp3) is 0.286. The largest absolute Gasteiger partial charge is 0.365 e. The molecule has 0 bridgehead atoms. The average Bonchev–Trinajstić information content (AvgIpc) is 3.46. The fourth-order valence-electron chi connectivity index (χ4n) is 3.57. The third kappa shape index (κ3) is 3.67. The highest BCUT2D eigenvalue weighted by Gasteiger charge is 2.29. The number of amides is 1. The molecule has 1 atom stereocenters. The summed E-state index contributed by atoms with van der Waals surface area (Å²) in [6.45, 7) is 1.94. The van der Waals surface area contributed by atoms with Crippen LogP contribution in [-0.2, 0) is 16.1 Å². The van der Waals surface area contributed by atoms with Crippen LogP contribution in [0.2, 0.25) is 0 Å². The van der Waals surface area contributed by atoms with Gasteiger partial charge in [0.1, 0.15) is 0 Å². The zero-order valence-electron chi connectivity index (χ0n) is 16.2. The average molecular weight is 404 g/mol. The van der Waals surface area contributed by atoms with Gasteiger partial charge in [0.15, 0.2) is 6.10 Å². The van der Waals surface area contributed by atoms with Crippen LogP contribution in [0.5, 0.6) is 0 Å². The van der Waals surface area contributed by atoms with Gasteiger partial charge in [-0.05, 0) is 24.3 Å². The summed E-state index contributed by atoms with van der Waals surface area (Å²) in [5.41, 5.74) is 2.77. The second-order valence-corrected chi connectivity index (χ2v) is 7.07. The topological polar surface area (TPSA) is 99.2 Å². The van der Waals surface area contributed by atoms with E-state index >= 15 is 0 Å². The molecule has 30 heavy (non-hydrogen) atoms. The Kier molecular flexibility index (Phi) is 4.94. The highest BCUT2D eigenvalue weighted by Crippen LogP contribution is 2.24. The molecule has 1 saturated heterocycles. The SMILES string of the molecule is O=C(CCn1cnc2ccccc21)N1CCOC(c2nc(-c3ccncc3)no2)C1. The number of aryl methyl sites for hydroxylation is 1. The highest BCUT2D eigenvalue weighted by molar-refractivity contribution is 5.77. The molecule has 5 rings (SSSR count). The van der Waals surface area contributed by atoms with Crippen molar-refractivity contribution in [2.45, 2.75) is 19.1 Å². The van der Waals surface area contributed by atoms with E-state index in [0.29, 0.717) is 44.4 Å². The summed E-state index contributed by atoms with van der Waals surface area (Å²) in [4.78, 5) is 27.4. The molecule has 0 N–H and O–H groups in total. The summed E-state index contributed by atoms with van der Waals surface area (Å²) in [5, 5.41) is 4.02. The number of pyridine rings is 1. The minimum absolute atomic E-state index is 0.0648. The number of benzene rings is 1. The molecule has 0 saturated carbocycles. The number of aromatic nitrogens is 5. The van der Waals surface area contributed by atoms with E-state index in [4.69, 9.17) is 9.26 Å². The lowest BCUT2D eigenvalue weighted by Crippen LogP contribution is -2.42. The second kappa shape index (κ2) is 8.03. The minimum atomic E-state index is -0.431. The maximum absolute atomic E-state index is 12.8. The molecule has 152 valence electrons. The number of carbonyl (C=O) groups is 1. The van der Waals surface area contributed by atoms with Crippen LogP contribution in [-0.4, -0.2) is 55.2 Å². The first kappa shape index (κ1) is 18.4. The molecule has 0 aliphatic carbocycles. The van der Waals surface area contributed by atoms with Crippen LogP contribution in [0, 0.1) is 0 Å². The van der Waals surface area contributed by atoms with Crippen molar-refractivity contribution >= 4 is 16.9 Å². The number of imidazole rings is 1. The molecule has 1 aromatic carbocycles. The quantitative estimate of drug-likeness (QED) is 0.504. The predicted octanol–water partition coefficient (Wildman–Crippen LogP) is 2.47.